The number of carbonyl (C=O) groups excluding carboxylic acids is 1. The van der Waals surface area contributed by atoms with Gasteiger partial charge in [0, 0.05) is 18.9 Å². The van der Waals surface area contributed by atoms with Gasteiger partial charge in [-0.1, -0.05) is 30.3 Å². The Bertz CT molecular complexity index is 663. The quantitative estimate of drug-likeness (QED) is 0.869. The van der Waals surface area contributed by atoms with Gasteiger partial charge >= 0.3 is 6.03 Å². The van der Waals surface area contributed by atoms with Crippen LogP contribution in [0.3, 0.4) is 0 Å². The molecular formula is C18H22F2N4O. The van der Waals surface area contributed by atoms with Crippen molar-refractivity contribution in [1.29, 1.82) is 0 Å². The minimum Gasteiger partial charge on any atom is -0.333 e. The summed E-state index contributed by atoms with van der Waals surface area (Å²) in [6, 6.07) is 8.79. The number of alkyl halides is 2. The van der Waals surface area contributed by atoms with E-state index < -0.39 is 19.0 Å². The molecule has 25 heavy (non-hydrogen) atoms. The van der Waals surface area contributed by atoms with Crippen molar-refractivity contribution in [3.8, 4) is 0 Å². The van der Waals surface area contributed by atoms with Crippen LogP contribution in [-0.2, 0) is 6.54 Å². The second-order valence-electron chi connectivity index (χ2n) is 6.32. The second-order valence-corrected chi connectivity index (χ2v) is 6.32. The number of carbonyl (C=O) groups is 1. The van der Waals surface area contributed by atoms with Crippen LogP contribution in [0.2, 0.25) is 0 Å². The number of hydrogen-bond donors (Lipinski definition) is 1. The largest absolute Gasteiger partial charge is 0.333 e. The van der Waals surface area contributed by atoms with Crippen LogP contribution in [0.1, 0.15) is 30.9 Å². The van der Waals surface area contributed by atoms with Crippen LogP contribution in [0.4, 0.5) is 13.6 Å². The maximum absolute atomic E-state index is 12.9. The number of hydrogen-bond acceptors (Lipinski definition) is 2. The van der Waals surface area contributed by atoms with Crippen molar-refractivity contribution in [2.75, 3.05) is 6.54 Å². The van der Waals surface area contributed by atoms with Crippen molar-refractivity contribution in [2.45, 2.75) is 44.3 Å². The van der Waals surface area contributed by atoms with Crippen LogP contribution in [0, 0.1) is 0 Å². The Morgan fingerprint density at radius 3 is 2.80 bits per heavy atom. The Labute approximate surface area is 145 Å². The van der Waals surface area contributed by atoms with Gasteiger partial charge < -0.3 is 14.8 Å². The van der Waals surface area contributed by atoms with Crippen molar-refractivity contribution in [1.82, 2.24) is 19.8 Å². The monoisotopic (exact) mass is 348 g/mol. The Balaban J connectivity index is 1.67. The first-order valence-corrected chi connectivity index (χ1v) is 8.48. The Morgan fingerprint density at radius 2 is 2.12 bits per heavy atom. The molecular weight excluding hydrogens is 326 g/mol. The van der Waals surface area contributed by atoms with Crippen LogP contribution >= 0.6 is 0 Å². The molecule has 0 spiro atoms. The normalized spacial score (nSPS) is 20.0. The zero-order valence-electron chi connectivity index (χ0n) is 13.9. The van der Waals surface area contributed by atoms with Gasteiger partial charge in [-0.2, -0.15) is 0 Å². The van der Waals surface area contributed by atoms with Gasteiger partial charge in [0.05, 0.1) is 25.0 Å². The topological polar surface area (TPSA) is 50.2 Å². The molecule has 134 valence electrons. The van der Waals surface area contributed by atoms with Gasteiger partial charge in [0.2, 0.25) is 0 Å². The van der Waals surface area contributed by atoms with E-state index in [-0.39, 0.29) is 18.6 Å². The number of imidazole rings is 1. The van der Waals surface area contributed by atoms with E-state index in [0.29, 0.717) is 0 Å². The van der Waals surface area contributed by atoms with Gasteiger partial charge in [0.25, 0.3) is 6.43 Å². The summed E-state index contributed by atoms with van der Waals surface area (Å²) >= 11 is 0. The van der Waals surface area contributed by atoms with Gasteiger partial charge in [-0.05, 0) is 24.8 Å². The van der Waals surface area contributed by atoms with Gasteiger partial charge in [0.15, 0.2) is 0 Å². The van der Waals surface area contributed by atoms with Gasteiger partial charge in [-0.25, -0.2) is 18.6 Å². The number of urea groups is 1. The van der Waals surface area contributed by atoms with E-state index >= 15 is 0 Å². The third-order valence-corrected chi connectivity index (χ3v) is 4.56. The SMILES string of the molecule is O=C(N[C@@H]1CCC[C@H]1n1ccnc1)N(Cc1ccccc1)CC(F)F. The predicted molar refractivity (Wildman–Crippen MR) is 90.3 cm³/mol. The number of nitrogens with zero attached hydrogens (tertiary/aromatic N) is 3. The molecule has 1 aliphatic rings. The van der Waals surface area contributed by atoms with Crippen LogP contribution in [0.15, 0.2) is 49.1 Å². The number of aromatic nitrogens is 2. The molecule has 1 heterocycles. The molecule has 2 amide bonds. The summed E-state index contributed by atoms with van der Waals surface area (Å²) in [4.78, 5) is 17.8. The fourth-order valence-electron chi connectivity index (χ4n) is 3.37. The molecule has 0 unspecified atom stereocenters. The van der Waals surface area contributed by atoms with E-state index in [0.717, 1.165) is 24.8 Å². The highest BCUT2D eigenvalue weighted by molar-refractivity contribution is 5.74. The fourth-order valence-corrected chi connectivity index (χ4v) is 3.37. The van der Waals surface area contributed by atoms with Gasteiger partial charge in [0.1, 0.15) is 0 Å². The molecule has 7 heteroatoms. The maximum atomic E-state index is 12.9. The van der Waals surface area contributed by atoms with Crippen LogP contribution in [-0.4, -0.2) is 39.5 Å². The fraction of sp³-hybridized carbons (Fsp3) is 0.444. The highest BCUT2D eigenvalue weighted by Crippen LogP contribution is 2.30. The lowest BCUT2D eigenvalue weighted by molar-refractivity contribution is 0.0942. The van der Waals surface area contributed by atoms with Crippen molar-refractivity contribution < 1.29 is 13.6 Å². The first-order chi connectivity index (χ1) is 12.1. The maximum Gasteiger partial charge on any atom is 0.318 e. The molecule has 2 aromatic rings. The van der Waals surface area contributed by atoms with E-state index in [2.05, 4.69) is 10.3 Å². The first kappa shape index (κ1) is 17.4. The van der Waals surface area contributed by atoms with Crippen molar-refractivity contribution >= 4 is 6.03 Å². The molecule has 1 aliphatic carbocycles. The lowest BCUT2D eigenvalue weighted by atomic mass is 10.1. The Hall–Kier alpha value is -2.44. The molecule has 2 atom stereocenters. The zero-order chi connectivity index (χ0) is 17.6. The van der Waals surface area contributed by atoms with Crippen molar-refractivity contribution in [3.63, 3.8) is 0 Å². The minimum absolute atomic E-state index is 0.0716. The summed E-state index contributed by atoms with van der Waals surface area (Å²) in [6.07, 6.45) is 5.50. The number of amides is 2. The van der Waals surface area contributed by atoms with E-state index in [4.69, 9.17) is 0 Å². The minimum atomic E-state index is -2.57. The third-order valence-electron chi connectivity index (χ3n) is 4.56. The smallest absolute Gasteiger partial charge is 0.318 e. The van der Waals surface area contributed by atoms with Crippen molar-refractivity contribution in [3.05, 3.63) is 54.6 Å². The average molecular weight is 348 g/mol. The Morgan fingerprint density at radius 1 is 1.32 bits per heavy atom. The van der Waals surface area contributed by atoms with Crippen molar-refractivity contribution in [2.24, 2.45) is 0 Å². The summed E-state index contributed by atoms with van der Waals surface area (Å²) in [5.74, 6) is 0. The molecule has 1 aromatic carbocycles. The van der Waals surface area contributed by atoms with Gasteiger partial charge in [-0.15, -0.1) is 0 Å². The summed E-state index contributed by atoms with van der Waals surface area (Å²) in [5.41, 5.74) is 0.830. The predicted octanol–water partition coefficient (Wildman–Crippen LogP) is 3.45. The molecule has 0 aliphatic heterocycles. The van der Waals surface area contributed by atoms with Crippen LogP contribution in [0.25, 0.3) is 0 Å². The number of benzene rings is 1. The summed E-state index contributed by atoms with van der Waals surface area (Å²) in [5, 5.41) is 2.95. The molecule has 3 rings (SSSR count). The van der Waals surface area contributed by atoms with E-state index in [1.54, 1.807) is 12.5 Å². The third kappa shape index (κ3) is 4.55. The molecule has 1 aromatic heterocycles. The molecule has 0 bridgehead atoms. The van der Waals surface area contributed by atoms with Crippen LogP contribution in [0.5, 0.6) is 0 Å². The molecule has 1 fully saturated rings. The molecule has 1 N–H and O–H groups in total. The summed E-state index contributed by atoms with van der Waals surface area (Å²) < 4.78 is 27.8. The molecule has 5 nitrogen and oxygen atoms in total. The number of nitrogens with one attached hydrogen (secondary N) is 1. The highest BCUT2D eigenvalue weighted by Gasteiger charge is 2.31. The number of halogens is 2. The summed E-state index contributed by atoms with van der Waals surface area (Å²) in [7, 11) is 0. The highest BCUT2D eigenvalue weighted by atomic mass is 19.3. The first-order valence-electron chi connectivity index (χ1n) is 8.48. The molecule has 1 saturated carbocycles. The lowest BCUT2D eigenvalue weighted by Gasteiger charge is -2.28. The van der Waals surface area contributed by atoms with Crippen LogP contribution < -0.4 is 5.32 Å². The zero-order valence-corrected chi connectivity index (χ0v) is 13.9. The standard InChI is InChI=1S/C18H22F2N4O/c19-17(20)12-24(11-14-5-2-1-3-6-14)18(25)22-15-7-4-8-16(15)23-10-9-21-13-23/h1-3,5-6,9-10,13,15-17H,4,7-8,11-12H2,(H,22,25)/t15-,16-/m1/s1. The second kappa shape index (κ2) is 8.09. The number of rotatable bonds is 6. The molecule has 0 saturated heterocycles. The lowest BCUT2D eigenvalue weighted by Crippen LogP contribution is -2.47. The average Bonchev–Trinajstić information content (AvgIpc) is 3.25. The van der Waals surface area contributed by atoms with E-state index in [1.807, 2.05) is 41.1 Å². The molecule has 0 radical (unpaired) electrons. The summed E-state index contributed by atoms with van der Waals surface area (Å²) in [6.45, 7) is -0.414. The van der Waals surface area contributed by atoms with E-state index in [1.165, 1.54) is 4.90 Å². The van der Waals surface area contributed by atoms with E-state index in [9.17, 15) is 13.6 Å². The van der Waals surface area contributed by atoms with Gasteiger partial charge in [-0.3, -0.25) is 0 Å². The Kier molecular flexibility index (Phi) is 5.63.